The lowest BCUT2D eigenvalue weighted by Crippen LogP contribution is -2.33. The molecule has 0 aliphatic heterocycles. The Morgan fingerprint density at radius 1 is 1.15 bits per heavy atom. The molecule has 0 aliphatic carbocycles. The highest BCUT2D eigenvalue weighted by atomic mass is 16.5. The first-order valence-electron chi connectivity index (χ1n) is 12.3. The van der Waals surface area contributed by atoms with Crippen molar-refractivity contribution in [3.05, 3.63) is 79.3 Å². The Kier molecular flexibility index (Phi) is 7.22. The number of rotatable bonds is 10. The molecule has 0 saturated heterocycles. The van der Waals surface area contributed by atoms with E-state index in [9.17, 15) is 9.59 Å². The zero-order valence-corrected chi connectivity index (χ0v) is 21.6. The van der Waals surface area contributed by atoms with Gasteiger partial charge in [-0.15, -0.1) is 0 Å². The number of carboxylic acid groups (broad SMARTS) is 1. The van der Waals surface area contributed by atoms with E-state index >= 15 is 0 Å². The summed E-state index contributed by atoms with van der Waals surface area (Å²) in [5.41, 5.74) is 8.94. The first-order chi connectivity index (χ1) is 19.4. The first kappa shape index (κ1) is 26.1. The van der Waals surface area contributed by atoms with Crippen LogP contribution in [0.2, 0.25) is 0 Å². The highest BCUT2D eigenvalue weighted by Crippen LogP contribution is 2.26. The van der Waals surface area contributed by atoms with Crippen molar-refractivity contribution in [1.29, 1.82) is 0 Å². The van der Waals surface area contributed by atoms with Crippen molar-refractivity contribution in [2.75, 3.05) is 29.5 Å². The zero-order valence-electron chi connectivity index (χ0n) is 21.6. The summed E-state index contributed by atoms with van der Waals surface area (Å²) in [7, 11) is 1.82. The van der Waals surface area contributed by atoms with Crippen LogP contribution in [0.3, 0.4) is 0 Å². The number of carbonyl (C=O) groups is 2. The number of aliphatic carboxylic acids is 1. The largest absolute Gasteiger partial charge is 0.489 e. The number of carboxylic acids is 1. The smallest absolute Gasteiger partial charge is 0.305 e. The number of ether oxygens (including phenoxy) is 1. The number of amides is 1. The number of nitrogens with zero attached hydrogens (tertiary/aromatic N) is 6. The molecule has 12 heteroatoms. The van der Waals surface area contributed by atoms with E-state index < -0.39 is 11.9 Å². The number of hydrogen-bond donors (Lipinski definition) is 3. The number of nitrogens with two attached hydrogens (primary N) is 1. The van der Waals surface area contributed by atoms with Gasteiger partial charge in [0.1, 0.15) is 24.0 Å². The molecule has 5 aromatic rings. The van der Waals surface area contributed by atoms with E-state index in [1.807, 2.05) is 43.4 Å². The molecule has 5 rings (SSSR count). The third-order valence-electron chi connectivity index (χ3n) is 6.18. The van der Waals surface area contributed by atoms with Crippen molar-refractivity contribution in [1.82, 2.24) is 24.5 Å². The van der Waals surface area contributed by atoms with Crippen LogP contribution in [0, 0.1) is 0 Å². The van der Waals surface area contributed by atoms with E-state index in [0.717, 1.165) is 33.3 Å². The predicted molar refractivity (Wildman–Crippen MR) is 151 cm³/mol. The molecule has 0 spiro atoms. The number of carbonyl (C=O) groups excluding carboxylic acids is 1. The van der Waals surface area contributed by atoms with Gasteiger partial charge >= 0.3 is 5.97 Å². The molecule has 1 amide bonds. The molecule has 0 fully saturated rings. The summed E-state index contributed by atoms with van der Waals surface area (Å²) in [5, 5.41) is 13.7. The Bertz CT molecular complexity index is 1750. The van der Waals surface area contributed by atoms with Crippen LogP contribution in [0.15, 0.2) is 73.7 Å². The van der Waals surface area contributed by atoms with Crippen molar-refractivity contribution >= 4 is 51.4 Å². The summed E-state index contributed by atoms with van der Waals surface area (Å²) in [6.45, 7) is 3.61. The first-order valence-corrected chi connectivity index (χ1v) is 12.3. The molecule has 0 atom stereocenters. The lowest BCUT2D eigenvalue weighted by molar-refractivity contribution is -0.136. The van der Waals surface area contributed by atoms with Gasteiger partial charge in [0.15, 0.2) is 5.65 Å². The summed E-state index contributed by atoms with van der Waals surface area (Å²) in [6.07, 6.45) is 5.92. The highest BCUT2D eigenvalue weighted by Gasteiger charge is 2.20. The number of anilines is 3. The molecular formula is C28H26N8O4. The Morgan fingerprint density at radius 2 is 1.98 bits per heavy atom. The van der Waals surface area contributed by atoms with Gasteiger partial charge in [0, 0.05) is 43.0 Å². The van der Waals surface area contributed by atoms with E-state index in [-0.39, 0.29) is 31.3 Å². The van der Waals surface area contributed by atoms with Gasteiger partial charge in [0.25, 0.3) is 5.91 Å². The fraction of sp³-hybridized carbons (Fsp3) is 0.143. The summed E-state index contributed by atoms with van der Waals surface area (Å²) >= 11 is 0. The zero-order chi connectivity index (χ0) is 28.2. The van der Waals surface area contributed by atoms with Gasteiger partial charge in [-0.05, 0) is 42.5 Å². The standard InChI is InChI=1S/C28H26N8O4/c1-3-24(37)36(11-9-25(38)39)28-33-26(29)21-8-10-35(27(21)34-28)19-12-17(14-31-15-19)16-40-20-6-4-18-5-7-23(30-2)32-22(18)13-20/h3-8,10,12-15H,1,9,11,16H2,2H3,(H,30,32)(H,38,39)(H2,29,33,34). The van der Waals surface area contributed by atoms with Gasteiger partial charge in [-0.2, -0.15) is 9.97 Å². The lowest BCUT2D eigenvalue weighted by Gasteiger charge is -2.19. The Morgan fingerprint density at radius 3 is 2.75 bits per heavy atom. The van der Waals surface area contributed by atoms with Crippen LogP contribution in [-0.4, -0.2) is 55.1 Å². The summed E-state index contributed by atoms with van der Waals surface area (Å²) in [5.74, 6) is -0.0304. The van der Waals surface area contributed by atoms with E-state index in [1.165, 1.54) is 0 Å². The number of hydrogen-bond acceptors (Lipinski definition) is 9. The van der Waals surface area contributed by atoms with Crippen molar-refractivity contribution in [2.45, 2.75) is 13.0 Å². The molecule has 0 saturated carbocycles. The maximum atomic E-state index is 12.5. The number of benzene rings is 1. The van der Waals surface area contributed by atoms with Crippen molar-refractivity contribution in [2.24, 2.45) is 0 Å². The van der Waals surface area contributed by atoms with Crippen LogP contribution in [-0.2, 0) is 16.2 Å². The van der Waals surface area contributed by atoms with Crippen molar-refractivity contribution in [3.8, 4) is 11.4 Å². The molecule has 0 bridgehead atoms. The second-order valence-electron chi connectivity index (χ2n) is 8.81. The second kappa shape index (κ2) is 11.1. The molecule has 4 aromatic heterocycles. The van der Waals surface area contributed by atoms with E-state index in [2.05, 4.69) is 31.8 Å². The number of fused-ring (bicyclic) bond motifs is 2. The van der Waals surface area contributed by atoms with Crippen LogP contribution in [0.25, 0.3) is 27.6 Å². The average molecular weight is 539 g/mol. The van der Waals surface area contributed by atoms with E-state index in [4.69, 9.17) is 15.6 Å². The molecule has 12 nitrogen and oxygen atoms in total. The monoisotopic (exact) mass is 538 g/mol. The summed E-state index contributed by atoms with van der Waals surface area (Å²) in [4.78, 5) is 42.4. The third-order valence-corrected chi connectivity index (χ3v) is 6.18. The van der Waals surface area contributed by atoms with Gasteiger partial charge in [0.2, 0.25) is 5.95 Å². The van der Waals surface area contributed by atoms with Crippen molar-refractivity contribution in [3.63, 3.8) is 0 Å². The van der Waals surface area contributed by atoms with Gasteiger partial charge < -0.3 is 20.9 Å². The van der Waals surface area contributed by atoms with Gasteiger partial charge in [-0.3, -0.25) is 24.0 Å². The molecule has 0 radical (unpaired) electrons. The number of nitrogen functional groups attached to an aromatic ring is 1. The fourth-order valence-corrected chi connectivity index (χ4v) is 4.16. The van der Waals surface area contributed by atoms with Gasteiger partial charge in [-0.25, -0.2) is 4.98 Å². The van der Waals surface area contributed by atoms with Crippen LogP contribution < -0.4 is 20.7 Å². The third kappa shape index (κ3) is 5.36. The fourth-order valence-electron chi connectivity index (χ4n) is 4.16. The van der Waals surface area contributed by atoms with Crippen LogP contribution >= 0.6 is 0 Å². The molecule has 1 aromatic carbocycles. The molecular weight excluding hydrogens is 512 g/mol. The van der Waals surface area contributed by atoms with E-state index in [1.54, 1.807) is 29.2 Å². The number of aromatic nitrogens is 5. The Balaban J connectivity index is 1.43. The van der Waals surface area contributed by atoms with Crippen LogP contribution in [0.5, 0.6) is 5.75 Å². The molecule has 0 aliphatic rings. The van der Waals surface area contributed by atoms with Crippen LogP contribution in [0.1, 0.15) is 12.0 Å². The van der Waals surface area contributed by atoms with Gasteiger partial charge in [-0.1, -0.05) is 6.58 Å². The highest BCUT2D eigenvalue weighted by molar-refractivity contribution is 6.01. The second-order valence-corrected chi connectivity index (χ2v) is 8.81. The molecule has 40 heavy (non-hydrogen) atoms. The average Bonchev–Trinajstić information content (AvgIpc) is 3.40. The minimum Gasteiger partial charge on any atom is -0.489 e. The lowest BCUT2D eigenvalue weighted by atomic mass is 10.2. The predicted octanol–water partition coefficient (Wildman–Crippen LogP) is 3.56. The quantitative estimate of drug-likeness (QED) is 0.224. The Labute approximate surface area is 228 Å². The number of nitrogens with one attached hydrogen (secondary N) is 1. The molecule has 0 unspecified atom stereocenters. The minimum atomic E-state index is -1.06. The normalized spacial score (nSPS) is 10.9. The van der Waals surface area contributed by atoms with Gasteiger partial charge in [0.05, 0.1) is 29.2 Å². The topological polar surface area (TPSA) is 161 Å². The summed E-state index contributed by atoms with van der Waals surface area (Å²) in [6, 6.07) is 13.3. The minimum absolute atomic E-state index is 0.0186. The maximum Gasteiger partial charge on any atom is 0.305 e. The Hall–Kier alpha value is -5.52. The molecule has 4 heterocycles. The molecule has 4 N–H and O–H groups in total. The molecule has 202 valence electrons. The van der Waals surface area contributed by atoms with E-state index in [0.29, 0.717) is 22.5 Å². The SMILES string of the molecule is C=CC(=O)N(CCC(=O)O)c1nc(N)c2ccn(-c3cncc(COc4ccc5ccc(NC)nc5c4)c3)c2n1. The number of pyridine rings is 2. The van der Waals surface area contributed by atoms with Crippen molar-refractivity contribution < 1.29 is 19.4 Å². The maximum absolute atomic E-state index is 12.5. The summed E-state index contributed by atoms with van der Waals surface area (Å²) < 4.78 is 7.80. The van der Waals surface area contributed by atoms with Crippen LogP contribution in [0.4, 0.5) is 17.6 Å².